The highest BCUT2D eigenvalue weighted by molar-refractivity contribution is 8.13. The number of ether oxygens (including phenoxy) is 2. The van der Waals surface area contributed by atoms with Crippen LogP contribution in [-0.2, 0) is 0 Å². The van der Waals surface area contributed by atoms with Gasteiger partial charge in [-0.2, -0.15) is 14.5 Å². The van der Waals surface area contributed by atoms with Crippen molar-refractivity contribution in [1.29, 1.82) is 0 Å². The quantitative estimate of drug-likeness (QED) is 0.667. The topological polar surface area (TPSA) is 58.8 Å². The Morgan fingerprint density at radius 3 is 2.59 bits per heavy atom. The highest BCUT2D eigenvalue weighted by atomic mass is 35.5. The van der Waals surface area contributed by atoms with Crippen molar-refractivity contribution in [3.8, 4) is 11.5 Å². The second kappa shape index (κ2) is 7.80. The number of benzene rings is 2. The first-order chi connectivity index (χ1) is 13.1. The minimum Gasteiger partial charge on any atom is -0.497 e. The molecular formula is C18H14Cl2N4O2S. The SMILES string of the molecule is COc1ccc(OCC2=NSC3=NCC(c4ccc(Cl)c(Cl)c4)=NN23)cc1. The Hall–Kier alpha value is -2.22. The Balaban J connectivity index is 1.48. The van der Waals surface area contributed by atoms with E-state index in [0.717, 1.165) is 27.9 Å². The van der Waals surface area contributed by atoms with Crippen LogP contribution in [0.25, 0.3) is 0 Å². The van der Waals surface area contributed by atoms with Gasteiger partial charge in [0.25, 0.3) is 0 Å². The number of hydrazone groups is 1. The van der Waals surface area contributed by atoms with E-state index in [1.807, 2.05) is 30.3 Å². The van der Waals surface area contributed by atoms with E-state index in [2.05, 4.69) is 14.5 Å². The van der Waals surface area contributed by atoms with Crippen molar-refractivity contribution in [3.05, 3.63) is 58.1 Å². The van der Waals surface area contributed by atoms with Crippen LogP contribution in [0.5, 0.6) is 11.5 Å². The summed E-state index contributed by atoms with van der Waals surface area (Å²) in [5.74, 6) is 2.17. The third-order valence-electron chi connectivity index (χ3n) is 3.92. The van der Waals surface area contributed by atoms with Crippen molar-refractivity contribution in [3.63, 3.8) is 0 Å². The number of amidine groups is 2. The number of halogens is 2. The fraction of sp³-hybridized carbons (Fsp3) is 0.167. The first kappa shape index (κ1) is 18.2. The molecule has 138 valence electrons. The predicted molar refractivity (Wildman–Crippen MR) is 111 cm³/mol. The van der Waals surface area contributed by atoms with Crippen molar-refractivity contribution < 1.29 is 9.47 Å². The van der Waals surface area contributed by atoms with E-state index in [-0.39, 0.29) is 6.61 Å². The van der Waals surface area contributed by atoms with E-state index >= 15 is 0 Å². The van der Waals surface area contributed by atoms with Gasteiger partial charge in [-0.15, -0.1) is 0 Å². The number of nitrogens with zero attached hydrogens (tertiary/aromatic N) is 4. The summed E-state index contributed by atoms with van der Waals surface area (Å²) in [6, 6.07) is 12.8. The summed E-state index contributed by atoms with van der Waals surface area (Å²) in [4.78, 5) is 4.54. The number of methoxy groups -OCH3 is 1. The molecule has 0 bridgehead atoms. The molecule has 0 aliphatic carbocycles. The highest BCUT2D eigenvalue weighted by Crippen LogP contribution is 2.27. The Morgan fingerprint density at radius 1 is 1.07 bits per heavy atom. The van der Waals surface area contributed by atoms with Crippen molar-refractivity contribution >= 4 is 51.9 Å². The Kier molecular flexibility index (Phi) is 5.24. The van der Waals surface area contributed by atoms with Gasteiger partial charge in [0.15, 0.2) is 5.84 Å². The zero-order valence-electron chi connectivity index (χ0n) is 14.2. The summed E-state index contributed by atoms with van der Waals surface area (Å²) < 4.78 is 15.4. The second-order valence-corrected chi connectivity index (χ2v) is 7.19. The molecule has 0 spiro atoms. The summed E-state index contributed by atoms with van der Waals surface area (Å²) in [6.45, 7) is 0.732. The van der Waals surface area contributed by atoms with Crippen LogP contribution in [-0.4, -0.2) is 42.0 Å². The molecule has 0 saturated carbocycles. The molecule has 2 aliphatic heterocycles. The monoisotopic (exact) mass is 420 g/mol. The summed E-state index contributed by atoms with van der Waals surface area (Å²) in [6.07, 6.45) is 0. The fourth-order valence-electron chi connectivity index (χ4n) is 2.50. The smallest absolute Gasteiger partial charge is 0.209 e. The first-order valence-electron chi connectivity index (χ1n) is 8.02. The summed E-state index contributed by atoms with van der Waals surface area (Å²) >= 11 is 13.4. The van der Waals surface area contributed by atoms with E-state index in [9.17, 15) is 0 Å². The molecular weight excluding hydrogens is 407 g/mol. The number of rotatable bonds is 5. The lowest BCUT2D eigenvalue weighted by molar-refractivity contribution is 0.361. The molecule has 9 heteroatoms. The first-order valence-corrected chi connectivity index (χ1v) is 9.55. The maximum atomic E-state index is 6.12. The van der Waals surface area contributed by atoms with Crippen molar-refractivity contribution in [2.45, 2.75) is 0 Å². The minimum absolute atomic E-state index is 0.274. The molecule has 2 aromatic carbocycles. The van der Waals surface area contributed by atoms with E-state index in [4.69, 9.17) is 32.7 Å². The molecule has 2 heterocycles. The highest BCUT2D eigenvalue weighted by Gasteiger charge is 2.29. The van der Waals surface area contributed by atoms with Crippen LogP contribution in [0.3, 0.4) is 0 Å². The third-order valence-corrected chi connectivity index (χ3v) is 5.43. The molecule has 0 N–H and O–H groups in total. The fourth-order valence-corrected chi connectivity index (χ4v) is 3.47. The van der Waals surface area contributed by atoms with E-state index < -0.39 is 0 Å². The second-order valence-electron chi connectivity index (χ2n) is 5.65. The van der Waals surface area contributed by atoms with Crippen LogP contribution in [0.1, 0.15) is 5.56 Å². The minimum atomic E-state index is 0.274. The lowest BCUT2D eigenvalue weighted by atomic mass is 10.1. The van der Waals surface area contributed by atoms with Crippen LogP contribution in [0.4, 0.5) is 0 Å². The molecule has 6 nitrogen and oxygen atoms in total. The number of hydrogen-bond acceptors (Lipinski definition) is 7. The average molecular weight is 421 g/mol. The number of fused-ring (bicyclic) bond motifs is 1. The lowest BCUT2D eigenvalue weighted by Crippen LogP contribution is -2.35. The van der Waals surface area contributed by atoms with Gasteiger partial charge in [0.2, 0.25) is 5.17 Å². The molecule has 2 aliphatic rings. The third kappa shape index (κ3) is 3.90. The van der Waals surface area contributed by atoms with E-state index in [0.29, 0.717) is 22.4 Å². The molecule has 0 atom stereocenters. The summed E-state index contributed by atoms with van der Waals surface area (Å²) in [5.41, 5.74) is 1.66. The van der Waals surface area contributed by atoms with Crippen molar-refractivity contribution in [2.24, 2.45) is 14.5 Å². The molecule has 0 saturated heterocycles. The van der Waals surface area contributed by atoms with Crippen molar-refractivity contribution in [2.75, 3.05) is 20.3 Å². The van der Waals surface area contributed by atoms with Crippen LogP contribution in [0.15, 0.2) is 57.0 Å². The van der Waals surface area contributed by atoms with Gasteiger partial charge < -0.3 is 9.47 Å². The Morgan fingerprint density at radius 2 is 1.85 bits per heavy atom. The van der Waals surface area contributed by atoms with Crippen LogP contribution < -0.4 is 9.47 Å². The van der Waals surface area contributed by atoms with Gasteiger partial charge in [0.1, 0.15) is 18.1 Å². The van der Waals surface area contributed by atoms with Gasteiger partial charge in [-0.3, -0.25) is 4.99 Å². The van der Waals surface area contributed by atoms with Gasteiger partial charge in [-0.1, -0.05) is 29.3 Å². The zero-order chi connectivity index (χ0) is 18.8. The molecule has 0 unspecified atom stereocenters. The number of aliphatic imine (C=N–C) groups is 1. The van der Waals surface area contributed by atoms with Gasteiger partial charge in [-0.05, 0) is 36.4 Å². The van der Waals surface area contributed by atoms with Gasteiger partial charge in [0, 0.05) is 5.56 Å². The molecule has 0 radical (unpaired) electrons. The van der Waals surface area contributed by atoms with Gasteiger partial charge >= 0.3 is 0 Å². The molecule has 27 heavy (non-hydrogen) atoms. The van der Waals surface area contributed by atoms with E-state index in [1.165, 1.54) is 11.9 Å². The van der Waals surface area contributed by atoms with Gasteiger partial charge in [-0.25, -0.2) is 0 Å². The van der Waals surface area contributed by atoms with Crippen LogP contribution in [0.2, 0.25) is 10.0 Å². The molecule has 0 amide bonds. The summed E-state index contributed by atoms with van der Waals surface area (Å²) in [7, 11) is 1.63. The summed E-state index contributed by atoms with van der Waals surface area (Å²) in [5, 5.41) is 8.10. The van der Waals surface area contributed by atoms with Crippen LogP contribution in [0, 0.1) is 0 Å². The Bertz CT molecular complexity index is 960. The predicted octanol–water partition coefficient (Wildman–Crippen LogP) is 4.52. The Labute approximate surface area is 170 Å². The molecule has 4 rings (SSSR count). The standard InChI is InChI=1S/C18H14Cl2N4O2S/c1-25-12-3-5-13(6-4-12)26-10-17-23-27-18-21-9-16(22-24(17)18)11-2-7-14(19)15(20)8-11/h2-8H,9-10H2,1H3. The van der Waals surface area contributed by atoms with E-state index in [1.54, 1.807) is 24.3 Å². The lowest BCUT2D eigenvalue weighted by Gasteiger charge is -2.20. The zero-order valence-corrected chi connectivity index (χ0v) is 16.6. The molecule has 2 aromatic rings. The molecule has 0 fully saturated rings. The van der Waals surface area contributed by atoms with Crippen LogP contribution >= 0.6 is 35.1 Å². The molecule has 0 aromatic heterocycles. The van der Waals surface area contributed by atoms with Crippen molar-refractivity contribution in [1.82, 2.24) is 5.01 Å². The maximum Gasteiger partial charge on any atom is 0.209 e. The largest absolute Gasteiger partial charge is 0.497 e. The number of hydrogen-bond donors (Lipinski definition) is 0. The van der Waals surface area contributed by atoms with Gasteiger partial charge in [0.05, 0.1) is 41.4 Å². The maximum absolute atomic E-state index is 6.12. The average Bonchev–Trinajstić information content (AvgIpc) is 3.11. The normalized spacial score (nSPS) is 15.7.